The van der Waals surface area contributed by atoms with Gasteiger partial charge in [0.1, 0.15) is 10.8 Å². The van der Waals surface area contributed by atoms with Gasteiger partial charge in [-0.05, 0) is 37.4 Å². The van der Waals surface area contributed by atoms with Crippen LogP contribution >= 0.6 is 24.0 Å². The summed E-state index contributed by atoms with van der Waals surface area (Å²) in [5.41, 5.74) is 7.29. The van der Waals surface area contributed by atoms with Gasteiger partial charge in [-0.25, -0.2) is 4.39 Å². The number of nitrogens with zero attached hydrogens (tertiary/aromatic N) is 1. The number of thioether (sulfide) groups is 1. The fourth-order valence-corrected chi connectivity index (χ4v) is 3.13. The van der Waals surface area contributed by atoms with E-state index in [0.717, 1.165) is 24.3 Å². The third kappa shape index (κ3) is 4.75. The Bertz CT molecular complexity index is 437. The summed E-state index contributed by atoms with van der Waals surface area (Å²) in [4.78, 5) is 2.52. The van der Waals surface area contributed by atoms with E-state index in [9.17, 15) is 4.39 Å². The van der Waals surface area contributed by atoms with Crippen molar-refractivity contribution in [3.63, 3.8) is 0 Å². The molecule has 0 radical (unpaired) electrons. The van der Waals surface area contributed by atoms with Crippen LogP contribution < -0.4 is 5.73 Å². The molecule has 106 valence electrons. The van der Waals surface area contributed by atoms with Gasteiger partial charge in [0.05, 0.1) is 0 Å². The molecule has 0 bridgehead atoms. The van der Waals surface area contributed by atoms with Gasteiger partial charge < -0.3 is 5.73 Å². The van der Waals surface area contributed by atoms with Crippen molar-refractivity contribution >= 4 is 29.0 Å². The zero-order chi connectivity index (χ0) is 14.4. The molecule has 0 spiro atoms. The second-order valence-corrected chi connectivity index (χ2v) is 5.95. The van der Waals surface area contributed by atoms with E-state index in [1.165, 1.54) is 12.1 Å². The highest BCUT2D eigenvalue weighted by Crippen LogP contribution is 2.17. The number of hydrogen-bond acceptors (Lipinski definition) is 3. The summed E-state index contributed by atoms with van der Waals surface area (Å²) in [6.07, 6.45) is 3.19. The van der Waals surface area contributed by atoms with Crippen LogP contribution in [0, 0.1) is 5.82 Å². The zero-order valence-corrected chi connectivity index (χ0v) is 13.3. The van der Waals surface area contributed by atoms with E-state index in [4.69, 9.17) is 18.0 Å². The standard InChI is InChI=1S/C14H21FN2S2/c1-4-12(9-19-3)17(2)8-10-5-6-11(15)7-13(10)14(16)18/h5-7,12H,4,8-9H2,1-3H3,(H2,16,18). The number of nitrogens with two attached hydrogens (primary N) is 1. The molecule has 1 rings (SSSR count). The number of benzene rings is 1. The third-order valence-electron chi connectivity index (χ3n) is 3.21. The van der Waals surface area contributed by atoms with E-state index in [0.29, 0.717) is 11.6 Å². The van der Waals surface area contributed by atoms with Crippen LogP contribution in [0.15, 0.2) is 18.2 Å². The first kappa shape index (κ1) is 16.4. The normalized spacial score (nSPS) is 12.7. The molecule has 5 heteroatoms. The summed E-state index contributed by atoms with van der Waals surface area (Å²) in [5, 5.41) is 0. The van der Waals surface area contributed by atoms with Crippen LogP contribution in [0.2, 0.25) is 0 Å². The molecule has 2 N–H and O–H groups in total. The van der Waals surface area contributed by atoms with E-state index >= 15 is 0 Å². The number of halogens is 1. The molecule has 0 fully saturated rings. The lowest BCUT2D eigenvalue weighted by atomic mass is 10.1. The van der Waals surface area contributed by atoms with E-state index in [2.05, 4.69) is 25.1 Å². The molecular formula is C14H21FN2S2. The van der Waals surface area contributed by atoms with Gasteiger partial charge in [-0.15, -0.1) is 0 Å². The van der Waals surface area contributed by atoms with Crippen molar-refractivity contribution in [2.45, 2.75) is 25.9 Å². The Balaban J connectivity index is 2.89. The van der Waals surface area contributed by atoms with Crippen molar-refractivity contribution in [1.82, 2.24) is 4.90 Å². The third-order valence-corrected chi connectivity index (χ3v) is 4.15. The minimum atomic E-state index is -0.301. The van der Waals surface area contributed by atoms with Crippen LogP contribution in [0.3, 0.4) is 0 Å². The maximum Gasteiger partial charge on any atom is 0.123 e. The van der Waals surface area contributed by atoms with Crippen LogP contribution in [0.5, 0.6) is 0 Å². The average Bonchev–Trinajstić information content (AvgIpc) is 2.37. The van der Waals surface area contributed by atoms with Gasteiger partial charge in [-0.3, -0.25) is 4.90 Å². The summed E-state index contributed by atoms with van der Waals surface area (Å²) in [6, 6.07) is 5.15. The molecule has 2 nitrogen and oxygen atoms in total. The molecule has 1 unspecified atom stereocenters. The van der Waals surface area contributed by atoms with E-state index in [1.807, 2.05) is 11.8 Å². The SMILES string of the molecule is CCC(CSC)N(C)Cc1ccc(F)cc1C(N)=S. The first-order valence-corrected chi connectivity index (χ1v) is 8.07. The second kappa shape index (κ2) is 7.82. The van der Waals surface area contributed by atoms with Gasteiger partial charge in [0.25, 0.3) is 0 Å². The highest BCUT2D eigenvalue weighted by Gasteiger charge is 2.15. The molecule has 1 atom stereocenters. The first-order valence-electron chi connectivity index (χ1n) is 6.27. The molecule has 1 aromatic rings. The van der Waals surface area contributed by atoms with Crippen molar-refractivity contribution in [3.8, 4) is 0 Å². The lowest BCUT2D eigenvalue weighted by Crippen LogP contribution is -2.33. The van der Waals surface area contributed by atoms with Crippen LogP contribution in [0.25, 0.3) is 0 Å². The van der Waals surface area contributed by atoms with Crippen LogP contribution in [0.4, 0.5) is 4.39 Å². The highest BCUT2D eigenvalue weighted by molar-refractivity contribution is 7.98. The largest absolute Gasteiger partial charge is 0.389 e. The average molecular weight is 300 g/mol. The Labute approximate surface area is 124 Å². The van der Waals surface area contributed by atoms with Gasteiger partial charge in [0, 0.05) is 23.9 Å². The van der Waals surface area contributed by atoms with E-state index < -0.39 is 0 Å². The number of hydrogen-bond donors (Lipinski definition) is 1. The van der Waals surface area contributed by atoms with Crippen molar-refractivity contribution < 1.29 is 4.39 Å². The maximum absolute atomic E-state index is 13.3. The summed E-state index contributed by atoms with van der Waals surface area (Å²) in [6.45, 7) is 2.91. The predicted molar refractivity (Wildman–Crippen MR) is 86.2 cm³/mol. The molecular weight excluding hydrogens is 279 g/mol. The Morgan fingerprint density at radius 3 is 2.74 bits per heavy atom. The molecule has 0 aliphatic heterocycles. The minimum Gasteiger partial charge on any atom is -0.389 e. The number of rotatable bonds is 7. The van der Waals surface area contributed by atoms with Crippen LogP contribution in [-0.4, -0.2) is 35.0 Å². The molecule has 1 aromatic carbocycles. The second-order valence-electron chi connectivity index (χ2n) is 4.60. The summed E-state index contributed by atoms with van der Waals surface area (Å²) < 4.78 is 13.3. The molecule has 0 saturated heterocycles. The molecule has 19 heavy (non-hydrogen) atoms. The Morgan fingerprint density at radius 2 is 2.21 bits per heavy atom. The molecule has 0 aromatic heterocycles. The Hall–Kier alpha value is -0.650. The maximum atomic E-state index is 13.3. The van der Waals surface area contributed by atoms with E-state index in [1.54, 1.807) is 6.07 Å². The van der Waals surface area contributed by atoms with Crippen molar-refractivity contribution in [1.29, 1.82) is 0 Å². The molecule has 0 aliphatic rings. The monoisotopic (exact) mass is 300 g/mol. The molecule has 0 amide bonds. The van der Waals surface area contributed by atoms with Gasteiger partial charge in [0.2, 0.25) is 0 Å². The smallest absolute Gasteiger partial charge is 0.123 e. The van der Waals surface area contributed by atoms with Gasteiger partial charge >= 0.3 is 0 Å². The minimum absolute atomic E-state index is 0.251. The molecule has 0 heterocycles. The van der Waals surface area contributed by atoms with Crippen LogP contribution in [0.1, 0.15) is 24.5 Å². The summed E-state index contributed by atoms with van der Waals surface area (Å²) in [5.74, 6) is 0.779. The number of thiocarbonyl (C=S) groups is 1. The quantitative estimate of drug-likeness (QED) is 0.784. The highest BCUT2D eigenvalue weighted by atomic mass is 32.2. The first-order chi connectivity index (χ1) is 8.99. The lowest BCUT2D eigenvalue weighted by molar-refractivity contribution is 0.248. The fourth-order valence-electron chi connectivity index (χ4n) is 2.06. The van der Waals surface area contributed by atoms with Crippen LogP contribution in [-0.2, 0) is 6.54 Å². The molecule has 0 aliphatic carbocycles. The molecule has 0 saturated carbocycles. The predicted octanol–water partition coefficient (Wildman–Crippen LogP) is 3.03. The Kier molecular flexibility index (Phi) is 6.75. The van der Waals surface area contributed by atoms with Crippen molar-refractivity contribution in [2.75, 3.05) is 19.1 Å². The summed E-state index contributed by atoms with van der Waals surface area (Å²) in [7, 11) is 2.08. The lowest BCUT2D eigenvalue weighted by Gasteiger charge is -2.27. The Morgan fingerprint density at radius 1 is 1.53 bits per heavy atom. The zero-order valence-electron chi connectivity index (χ0n) is 11.6. The van der Waals surface area contributed by atoms with Gasteiger partial charge in [0.15, 0.2) is 0 Å². The van der Waals surface area contributed by atoms with Crippen molar-refractivity contribution in [2.24, 2.45) is 5.73 Å². The summed E-state index contributed by atoms with van der Waals surface area (Å²) >= 11 is 6.83. The fraction of sp³-hybridized carbons (Fsp3) is 0.500. The van der Waals surface area contributed by atoms with E-state index in [-0.39, 0.29) is 10.8 Å². The van der Waals surface area contributed by atoms with Gasteiger partial charge in [-0.1, -0.05) is 25.2 Å². The van der Waals surface area contributed by atoms with Gasteiger partial charge in [-0.2, -0.15) is 11.8 Å². The topological polar surface area (TPSA) is 29.3 Å². The van der Waals surface area contributed by atoms with Crippen molar-refractivity contribution in [3.05, 3.63) is 35.1 Å².